The Bertz CT molecular complexity index is 981. The number of aromatic amines is 1. The topological polar surface area (TPSA) is 100 Å². The molecule has 30 heavy (non-hydrogen) atoms. The van der Waals surface area contributed by atoms with Crippen LogP contribution in [0.4, 0.5) is 13.2 Å². The molecule has 1 aliphatic carbocycles. The Morgan fingerprint density at radius 1 is 1.33 bits per heavy atom. The molecule has 0 spiro atoms. The summed E-state index contributed by atoms with van der Waals surface area (Å²) in [4.78, 5) is 37.0. The van der Waals surface area contributed by atoms with Crippen LogP contribution in [0.25, 0.3) is 11.2 Å². The summed E-state index contributed by atoms with van der Waals surface area (Å²) < 4.78 is 43.9. The molecule has 2 aliphatic rings. The van der Waals surface area contributed by atoms with Crippen LogP contribution in [0.2, 0.25) is 0 Å². The fourth-order valence-electron chi connectivity index (χ4n) is 3.56. The molecule has 2 atom stereocenters. The second kappa shape index (κ2) is 7.62. The number of nitrogens with zero attached hydrogens (tertiary/aromatic N) is 3. The summed E-state index contributed by atoms with van der Waals surface area (Å²) in [7, 11) is 0. The zero-order valence-electron chi connectivity index (χ0n) is 15.9. The van der Waals surface area contributed by atoms with Crippen molar-refractivity contribution in [2.24, 2.45) is 5.92 Å². The number of alkyl halides is 3. The third kappa shape index (κ3) is 4.10. The minimum atomic E-state index is -4.31. The van der Waals surface area contributed by atoms with Gasteiger partial charge in [0.25, 0.3) is 5.91 Å². The third-order valence-corrected chi connectivity index (χ3v) is 5.35. The molecule has 8 nitrogen and oxygen atoms in total. The summed E-state index contributed by atoms with van der Waals surface area (Å²) in [5.41, 5.74) is 0.678. The first-order valence-electron chi connectivity index (χ1n) is 9.56. The highest BCUT2D eigenvalue weighted by atomic mass is 19.4. The maximum Gasteiger partial charge on any atom is 0.393 e. The van der Waals surface area contributed by atoms with Gasteiger partial charge >= 0.3 is 6.18 Å². The SMILES string of the molecule is C=CC(=O)N1CCC(Oc2cnc3[nH]cc(C(=O)N[C@@H]4C[C@H]4C(F)(F)F)c3n2)CC1. The maximum atomic E-state index is 12.7. The summed E-state index contributed by atoms with van der Waals surface area (Å²) in [5.74, 6) is -2.05. The standard InChI is InChI=1S/C19H20F3N5O3/c1-2-15(28)27-5-3-10(4-6-27)30-14-9-24-17-16(26-14)11(8-23-17)18(29)25-13-7-12(13)19(20,21)22/h2,8-10,12-13H,1,3-7H2,(H,23,24)(H,25,29)/t12-,13-/m1/s1. The lowest BCUT2D eigenvalue weighted by atomic mass is 10.1. The Morgan fingerprint density at radius 2 is 2.07 bits per heavy atom. The van der Waals surface area contributed by atoms with Crippen LogP contribution in [0.1, 0.15) is 29.6 Å². The fourth-order valence-corrected chi connectivity index (χ4v) is 3.56. The van der Waals surface area contributed by atoms with Crippen LogP contribution in [0.15, 0.2) is 25.0 Å². The number of piperidine rings is 1. The molecular formula is C19H20F3N5O3. The van der Waals surface area contributed by atoms with Gasteiger partial charge in [0.15, 0.2) is 5.65 Å². The monoisotopic (exact) mass is 423 g/mol. The van der Waals surface area contributed by atoms with E-state index >= 15 is 0 Å². The van der Waals surface area contributed by atoms with E-state index in [2.05, 4.69) is 26.8 Å². The number of amides is 2. The number of rotatable bonds is 5. The van der Waals surface area contributed by atoms with Crippen molar-refractivity contribution in [1.29, 1.82) is 0 Å². The van der Waals surface area contributed by atoms with Crippen molar-refractivity contribution in [3.8, 4) is 5.88 Å². The van der Waals surface area contributed by atoms with E-state index in [4.69, 9.17) is 4.74 Å². The summed E-state index contributed by atoms with van der Waals surface area (Å²) >= 11 is 0. The second-order valence-electron chi connectivity index (χ2n) is 7.42. The van der Waals surface area contributed by atoms with Gasteiger partial charge in [-0.05, 0) is 12.5 Å². The highest BCUT2D eigenvalue weighted by Gasteiger charge is 2.56. The quantitative estimate of drug-likeness (QED) is 0.719. The molecule has 2 N–H and O–H groups in total. The fraction of sp³-hybridized carbons (Fsp3) is 0.474. The van der Waals surface area contributed by atoms with Crippen molar-refractivity contribution in [2.45, 2.75) is 37.6 Å². The molecule has 1 aliphatic heterocycles. The molecule has 2 fully saturated rings. The summed E-state index contributed by atoms with van der Waals surface area (Å²) in [6.07, 6.45) is 0.686. The predicted octanol–water partition coefficient (Wildman–Crippen LogP) is 2.19. The molecule has 0 aromatic carbocycles. The highest BCUT2D eigenvalue weighted by Crippen LogP contribution is 2.44. The lowest BCUT2D eigenvalue weighted by Crippen LogP contribution is -2.41. The van der Waals surface area contributed by atoms with Crippen LogP contribution in [0.3, 0.4) is 0 Å². The van der Waals surface area contributed by atoms with E-state index in [-0.39, 0.29) is 35.4 Å². The Balaban J connectivity index is 1.41. The third-order valence-electron chi connectivity index (χ3n) is 5.35. The minimum absolute atomic E-state index is 0.113. The van der Waals surface area contributed by atoms with Crippen LogP contribution >= 0.6 is 0 Å². The van der Waals surface area contributed by atoms with Gasteiger partial charge in [0, 0.05) is 38.2 Å². The molecule has 2 aromatic rings. The summed E-state index contributed by atoms with van der Waals surface area (Å²) in [6, 6.07) is -0.918. The number of nitrogens with one attached hydrogen (secondary N) is 2. The molecule has 0 unspecified atom stereocenters. The average Bonchev–Trinajstić information content (AvgIpc) is 3.37. The number of halogens is 3. The van der Waals surface area contributed by atoms with Gasteiger partial charge in [0.2, 0.25) is 11.8 Å². The van der Waals surface area contributed by atoms with E-state index < -0.39 is 24.0 Å². The smallest absolute Gasteiger partial charge is 0.393 e. The Hall–Kier alpha value is -3.11. The molecule has 11 heteroatoms. The molecule has 4 rings (SSSR count). The number of carbonyl (C=O) groups excluding carboxylic acids is 2. The van der Waals surface area contributed by atoms with Gasteiger partial charge < -0.3 is 19.9 Å². The Morgan fingerprint density at radius 3 is 2.70 bits per heavy atom. The van der Waals surface area contributed by atoms with Crippen molar-refractivity contribution in [3.63, 3.8) is 0 Å². The largest absolute Gasteiger partial charge is 0.473 e. The van der Waals surface area contributed by atoms with E-state index in [0.717, 1.165) is 0 Å². The molecule has 0 bridgehead atoms. The lowest BCUT2D eigenvalue weighted by Gasteiger charge is -2.31. The molecule has 3 heterocycles. The molecule has 0 radical (unpaired) electrons. The van der Waals surface area contributed by atoms with Crippen LogP contribution < -0.4 is 10.1 Å². The van der Waals surface area contributed by atoms with Gasteiger partial charge in [-0.15, -0.1) is 0 Å². The van der Waals surface area contributed by atoms with Crippen LogP contribution in [-0.4, -0.2) is 63.1 Å². The summed E-state index contributed by atoms with van der Waals surface area (Å²) in [5, 5.41) is 2.39. The normalized spacial score (nSPS) is 22.0. The average molecular weight is 423 g/mol. The van der Waals surface area contributed by atoms with Gasteiger partial charge in [-0.25, -0.2) is 9.97 Å². The molecule has 1 saturated carbocycles. The van der Waals surface area contributed by atoms with E-state index in [1.807, 2.05) is 0 Å². The number of carbonyl (C=O) groups is 2. The second-order valence-corrected chi connectivity index (χ2v) is 7.42. The van der Waals surface area contributed by atoms with Crippen molar-refractivity contribution in [1.82, 2.24) is 25.2 Å². The maximum absolute atomic E-state index is 12.7. The minimum Gasteiger partial charge on any atom is -0.473 e. The van der Waals surface area contributed by atoms with Gasteiger partial charge in [0.05, 0.1) is 17.7 Å². The molecule has 160 valence electrons. The van der Waals surface area contributed by atoms with E-state index in [1.54, 1.807) is 4.90 Å². The van der Waals surface area contributed by atoms with Crippen molar-refractivity contribution in [3.05, 3.63) is 30.6 Å². The van der Waals surface area contributed by atoms with Crippen LogP contribution in [0.5, 0.6) is 5.88 Å². The van der Waals surface area contributed by atoms with E-state index in [1.165, 1.54) is 18.5 Å². The number of hydrogen-bond acceptors (Lipinski definition) is 5. The molecule has 1 saturated heterocycles. The number of aromatic nitrogens is 3. The first-order valence-corrected chi connectivity index (χ1v) is 9.56. The van der Waals surface area contributed by atoms with Crippen LogP contribution in [0, 0.1) is 5.92 Å². The first-order chi connectivity index (χ1) is 14.3. The number of hydrogen-bond donors (Lipinski definition) is 2. The zero-order chi connectivity index (χ0) is 21.5. The number of ether oxygens (including phenoxy) is 1. The lowest BCUT2D eigenvalue weighted by molar-refractivity contribution is -0.148. The van der Waals surface area contributed by atoms with Crippen molar-refractivity contribution >= 4 is 23.0 Å². The highest BCUT2D eigenvalue weighted by molar-refractivity contribution is 6.04. The zero-order valence-corrected chi connectivity index (χ0v) is 15.9. The number of H-pyrrole nitrogens is 1. The predicted molar refractivity (Wildman–Crippen MR) is 99.7 cm³/mol. The summed E-state index contributed by atoms with van der Waals surface area (Å²) in [6.45, 7) is 4.54. The van der Waals surface area contributed by atoms with E-state index in [9.17, 15) is 22.8 Å². The van der Waals surface area contributed by atoms with Crippen molar-refractivity contribution < 1.29 is 27.5 Å². The van der Waals surface area contributed by atoms with Gasteiger partial charge in [0.1, 0.15) is 11.6 Å². The Labute approximate surface area is 169 Å². The molecule has 2 amide bonds. The van der Waals surface area contributed by atoms with Gasteiger partial charge in [-0.2, -0.15) is 13.2 Å². The Kier molecular flexibility index (Phi) is 5.12. The number of likely N-dealkylation sites (tertiary alicyclic amines) is 1. The van der Waals surface area contributed by atoms with Crippen molar-refractivity contribution in [2.75, 3.05) is 13.1 Å². The molecule has 2 aromatic heterocycles. The van der Waals surface area contributed by atoms with Crippen LogP contribution in [-0.2, 0) is 4.79 Å². The van der Waals surface area contributed by atoms with Gasteiger partial charge in [-0.3, -0.25) is 9.59 Å². The molecular weight excluding hydrogens is 403 g/mol. The van der Waals surface area contributed by atoms with E-state index in [0.29, 0.717) is 31.6 Å². The first kappa shape index (κ1) is 20.2. The van der Waals surface area contributed by atoms with Gasteiger partial charge in [-0.1, -0.05) is 6.58 Å². The number of fused-ring (bicyclic) bond motifs is 1.